The molecule has 2 atom stereocenters. The minimum Gasteiger partial charge on any atom is -0.448 e. The van der Waals surface area contributed by atoms with Crippen molar-refractivity contribution in [1.82, 2.24) is 19.5 Å². The van der Waals surface area contributed by atoms with Gasteiger partial charge in [0.1, 0.15) is 5.65 Å². The number of anilines is 1. The fourth-order valence-electron chi connectivity index (χ4n) is 4.49. The molecule has 2 aliphatic rings. The van der Waals surface area contributed by atoms with Gasteiger partial charge in [-0.3, -0.25) is 14.8 Å². The van der Waals surface area contributed by atoms with Gasteiger partial charge in [0, 0.05) is 36.7 Å². The maximum absolute atomic E-state index is 14.1. The summed E-state index contributed by atoms with van der Waals surface area (Å²) in [7, 11) is 1.60. The van der Waals surface area contributed by atoms with E-state index >= 15 is 0 Å². The number of aromatic nitrogens is 3. The third kappa shape index (κ3) is 3.50. The number of nitrogens with zero attached hydrogens (tertiary/aromatic N) is 4. The number of aryl methyl sites for hydroxylation is 1. The molecule has 3 aromatic rings. The Morgan fingerprint density at radius 1 is 1.20 bits per heavy atom. The molecule has 3 heterocycles. The highest BCUT2D eigenvalue weighted by molar-refractivity contribution is 6.30. The van der Waals surface area contributed by atoms with Crippen LogP contribution in [0.5, 0.6) is 11.5 Å². The predicted molar refractivity (Wildman–Crippen MR) is 112 cm³/mol. The Hall–Kier alpha value is -2.71. The van der Waals surface area contributed by atoms with E-state index in [0.717, 1.165) is 31.0 Å². The molecule has 2 aromatic heterocycles. The first-order valence-electron chi connectivity index (χ1n) is 9.99. The van der Waals surface area contributed by atoms with Gasteiger partial charge >= 0.3 is 0 Å². The van der Waals surface area contributed by atoms with Crippen LogP contribution < -0.4 is 15.7 Å². The molecule has 0 radical (unpaired) electrons. The van der Waals surface area contributed by atoms with Gasteiger partial charge in [0.15, 0.2) is 17.3 Å². The Morgan fingerprint density at radius 3 is 2.70 bits per heavy atom. The zero-order valence-electron chi connectivity index (χ0n) is 16.4. The summed E-state index contributed by atoms with van der Waals surface area (Å²) in [5, 5.41) is 3.03. The molecule has 1 aliphatic heterocycles. The summed E-state index contributed by atoms with van der Waals surface area (Å²) in [4.78, 5) is 21.7. The highest BCUT2D eigenvalue weighted by atomic mass is 35.5. The van der Waals surface area contributed by atoms with E-state index in [2.05, 4.69) is 20.4 Å². The Bertz CT molecular complexity index is 1170. The Kier molecular flexibility index (Phi) is 4.83. The Morgan fingerprint density at radius 2 is 1.97 bits per heavy atom. The Labute approximate surface area is 177 Å². The van der Waals surface area contributed by atoms with Crippen LogP contribution in [0.25, 0.3) is 11.0 Å². The predicted octanol–water partition coefficient (Wildman–Crippen LogP) is 3.97. The van der Waals surface area contributed by atoms with Crippen LogP contribution in [-0.2, 0) is 7.05 Å². The number of hydrogen-bond donors (Lipinski definition) is 1. The first-order chi connectivity index (χ1) is 14.5. The lowest BCUT2D eigenvalue weighted by molar-refractivity contribution is 0.369. The van der Waals surface area contributed by atoms with Gasteiger partial charge in [-0.15, -0.1) is 0 Å². The van der Waals surface area contributed by atoms with E-state index in [4.69, 9.17) is 16.3 Å². The molecule has 9 heteroatoms. The van der Waals surface area contributed by atoms with Gasteiger partial charge < -0.3 is 4.74 Å². The Balaban J connectivity index is 1.42. The third-order valence-electron chi connectivity index (χ3n) is 6.01. The molecule has 30 heavy (non-hydrogen) atoms. The van der Waals surface area contributed by atoms with E-state index in [0.29, 0.717) is 17.0 Å². The van der Waals surface area contributed by atoms with Crippen molar-refractivity contribution in [3.05, 3.63) is 51.7 Å². The second kappa shape index (κ2) is 7.52. The summed E-state index contributed by atoms with van der Waals surface area (Å²) in [5.74, 6) is 1.22. The molecule has 7 nitrogen and oxygen atoms in total. The number of nitrogens with one attached hydrogen (secondary N) is 1. The minimum absolute atomic E-state index is 0.0112. The first kappa shape index (κ1) is 19.3. The van der Waals surface area contributed by atoms with Gasteiger partial charge in [-0.2, -0.15) is 4.98 Å². The van der Waals surface area contributed by atoms with Crippen LogP contribution in [0, 0.1) is 17.7 Å². The number of rotatable bonds is 4. The van der Waals surface area contributed by atoms with E-state index < -0.39 is 11.4 Å². The zero-order chi connectivity index (χ0) is 20.8. The van der Waals surface area contributed by atoms with Gasteiger partial charge in [-0.25, -0.2) is 14.4 Å². The van der Waals surface area contributed by atoms with Crippen molar-refractivity contribution >= 4 is 28.6 Å². The van der Waals surface area contributed by atoms with Crippen molar-refractivity contribution < 1.29 is 9.13 Å². The minimum atomic E-state index is -0.643. The summed E-state index contributed by atoms with van der Waals surface area (Å²) < 4.78 is 21.0. The molecule has 0 amide bonds. The van der Waals surface area contributed by atoms with Crippen molar-refractivity contribution in [2.75, 3.05) is 18.5 Å². The third-order valence-corrected chi connectivity index (χ3v) is 6.25. The van der Waals surface area contributed by atoms with E-state index in [9.17, 15) is 9.18 Å². The molecular formula is C21H21ClFN5O2. The molecule has 1 saturated carbocycles. The van der Waals surface area contributed by atoms with Crippen LogP contribution in [0.4, 0.5) is 10.3 Å². The van der Waals surface area contributed by atoms with Crippen molar-refractivity contribution in [2.45, 2.75) is 19.3 Å². The van der Waals surface area contributed by atoms with Crippen LogP contribution in [-0.4, -0.2) is 32.6 Å². The molecule has 0 spiro atoms. The normalized spacial score (nSPS) is 21.2. The summed E-state index contributed by atoms with van der Waals surface area (Å²) >= 11 is 5.77. The summed E-state index contributed by atoms with van der Waals surface area (Å²) in [6.45, 7) is 1.98. The fourth-order valence-corrected chi connectivity index (χ4v) is 4.65. The summed E-state index contributed by atoms with van der Waals surface area (Å²) in [6, 6.07) is 5.54. The average Bonchev–Trinajstić information content (AvgIpc) is 3.30. The molecule has 1 N–H and O–H groups in total. The molecule has 5 rings (SSSR count). The largest absolute Gasteiger partial charge is 0.448 e. The van der Waals surface area contributed by atoms with Crippen molar-refractivity contribution in [1.29, 1.82) is 0 Å². The van der Waals surface area contributed by atoms with Gasteiger partial charge in [-0.1, -0.05) is 18.0 Å². The summed E-state index contributed by atoms with van der Waals surface area (Å²) in [6.07, 6.45) is 5.52. The fraction of sp³-hybridized carbons (Fsp3) is 0.381. The number of fused-ring (bicyclic) bond motifs is 2. The molecule has 2 fully saturated rings. The lowest BCUT2D eigenvalue weighted by Gasteiger charge is -2.18. The van der Waals surface area contributed by atoms with Crippen LogP contribution in [0.2, 0.25) is 5.02 Å². The quantitative estimate of drug-likeness (QED) is 0.676. The maximum atomic E-state index is 14.1. The molecule has 2 unspecified atom stereocenters. The molecule has 156 valence electrons. The van der Waals surface area contributed by atoms with Gasteiger partial charge in [0.05, 0.1) is 0 Å². The van der Waals surface area contributed by atoms with Gasteiger partial charge in [0.25, 0.3) is 5.56 Å². The monoisotopic (exact) mass is 429 g/mol. The maximum Gasteiger partial charge on any atom is 0.294 e. The van der Waals surface area contributed by atoms with E-state index in [1.54, 1.807) is 13.2 Å². The molecule has 1 saturated heterocycles. The van der Waals surface area contributed by atoms with Gasteiger partial charge in [0.2, 0.25) is 5.95 Å². The topological polar surface area (TPSA) is 72.3 Å². The number of ether oxygens (including phenoxy) is 1. The second-order valence-electron chi connectivity index (χ2n) is 7.99. The highest BCUT2D eigenvalue weighted by Crippen LogP contribution is 2.37. The number of benzene rings is 1. The average molecular weight is 430 g/mol. The van der Waals surface area contributed by atoms with Crippen LogP contribution >= 0.6 is 11.6 Å². The number of pyridine rings is 1. The van der Waals surface area contributed by atoms with Gasteiger partial charge in [-0.05, 0) is 48.9 Å². The van der Waals surface area contributed by atoms with E-state index in [1.165, 1.54) is 42.0 Å². The molecule has 0 bridgehead atoms. The summed E-state index contributed by atoms with van der Waals surface area (Å²) in [5.41, 5.74) is 3.33. The van der Waals surface area contributed by atoms with Crippen LogP contribution in [0.1, 0.15) is 19.3 Å². The number of halogens is 2. The smallest absolute Gasteiger partial charge is 0.294 e. The standard InChI is InChI=1S/C21H21ClFN5O2/c1-27-19-14(7-18(20(27)29)30-17-6-5-15(22)8-16(17)23)9-24-21(25-19)26-28-10-12-3-2-4-13(12)11-28/h5-9,12-13H,2-4,10-11H2,1H3,(H,24,25,26). The molecular weight excluding hydrogens is 409 g/mol. The van der Waals surface area contributed by atoms with E-state index in [-0.39, 0.29) is 16.5 Å². The van der Waals surface area contributed by atoms with Crippen molar-refractivity contribution in [3.63, 3.8) is 0 Å². The lowest BCUT2D eigenvalue weighted by Crippen LogP contribution is -2.29. The SMILES string of the molecule is Cn1c(=O)c(Oc2ccc(Cl)cc2F)cc2cnc(NN3CC4CCCC4C3)nc21. The second-order valence-corrected chi connectivity index (χ2v) is 8.43. The number of hydrogen-bond acceptors (Lipinski definition) is 6. The zero-order valence-corrected chi connectivity index (χ0v) is 17.2. The molecule has 1 aliphatic carbocycles. The highest BCUT2D eigenvalue weighted by Gasteiger charge is 2.36. The van der Waals surface area contributed by atoms with Crippen LogP contribution in [0.15, 0.2) is 35.3 Å². The van der Waals surface area contributed by atoms with Crippen LogP contribution in [0.3, 0.4) is 0 Å². The van der Waals surface area contributed by atoms with Crippen molar-refractivity contribution in [3.8, 4) is 11.5 Å². The number of hydrazine groups is 1. The molecule has 1 aromatic carbocycles. The first-order valence-corrected chi connectivity index (χ1v) is 10.4. The van der Waals surface area contributed by atoms with E-state index in [1.807, 2.05) is 0 Å². The van der Waals surface area contributed by atoms with Crippen molar-refractivity contribution in [2.24, 2.45) is 18.9 Å². The lowest BCUT2D eigenvalue weighted by atomic mass is 10.0.